The number of furan rings is 1. The zero-order chi connectivity index (χ0) is 19.2. The lowest BCUT2D eigenvalue weighted by molar-refractivity contribution is -0.896. The molecule has 1 aliphatic rings. The molecule has 0 aliphatic carbocycles. The number of carbonyl (C=O) groups excluding carboxylic acids is 2. The molecule has 27 heavy (non-hydrogen) atoms. The molecule has 1 fully saturated rings. The van der Waals surface area contributed by atoms with Crippen LogP contribution in [-0.4, -0.2) is 56.0 Å². The van der Waals surface area contributed by atoms with Gasteiger partial charge in [-0.3, -0.25) is 9.59 Å². The fraction of sp³-hybridized carbons (Fsp3) is 0.368. The van der Waals surface area contributed by atoms with Crippen LogP contribution in [0.4, 0.5) is 0 Å². The van der Waals surface area contributed by atoms with E-state index in [1.165, 1.54) is 11.2 Å². The molecule has 2 aromatic rings. The Kier molecular flexibility index (Phi) is 6.77. The Morgan fingerprint density at radius 2 is 1.96 bits per heavy atom. The summed E-state index contributed by atoms with van der Waals surface area (Å²) in [6.45, 7) is 3.63. The molecule has 6 nitrogen and oxygen atoms in total. The predicted molar refractivity (Wildman–Crippen MR) is 103 cm³/mol. The fourth-order valence-electron chi connectivity index (χ4n) is 3.11. The monoisotopic (exact) mass is 410 g/mol. The molecule has 2 N–H and O–H groups in total. The van der Waals surface area contributed by atoms with Crippen molar-refractivity contribution < 1.29 is 18.9 Å². The van der Waals surface area contributed by atoms with E-state index in [9.17, 15) is 9.59 Å². The van der Waals surface area contributed by atoms with Gasteiger partial charge in [0.05, 0.1) is 32.4 Å². The summed E-state index contributed by atoms with van der Waals surface area (Å²) >= 11 is 12.0. The molecule has 0 atom stereocenters. The van der Waals surface area contributed by atoms with E-state index in [0.717, 1.165) is 18.7 Å². The summed E-state index contributed by atoms with van der Waals surface area (Å²) in [6, 6.07) is 8.74. The van der Waals surface area contributed by atoms with Crippen molar-refractivity contribution in [2.45, 2.75) is 6.42 Å². The SMILES string of the molecule is O=C(C[NH+]1CCN(C(=O)c2ccco2)CC1)NCCc1ccc(Cl)cc1Cl. The summed E-state index contributed by atoms with van der Waals surface area (Å²) in [5.41, 5.74) is 0.957. The lowest BCUT2D eigenvalue weighted by atomic mass is 10.1. The van der Waals surface area contributed by atoms with Crippen molar-refractivity contribution in [2.24, 2.45) is 0 Å². The van der Waals surface area contributed by atoms with Crippen molar-refractivity contribution in [3.63, 3.8) is 0 Å². The molecule has 144 valence electrons. The van der Waals surface area contributed by atoms with E-state index >= 15 is 0 Å². The zero-order valence-corrected chi connectivity index (χ0v) is 16.4. The highest BCUT2D eigenvalue weighted by atomic mass is 35.5. The molecule has 1 aliphatic heterocycles. The summed E-state index contributed by atoms with van der Waals surface area (Å²) in [5, 5.41) is 4.14. The first-order valence-corrected chi connectivity index (χ1v) is 9.65. The van der Waals surface area contributed by atoms with Crippen LogP contribution in [0.25, 0.3) is 0 Å². The molecule has 0 saturated carbocycles. The third-order valence-corrected chi connectivity index (χ3v) is 5.22. The van der Waals surface area contributed by atoms with Crippen molar-refractivity contribution >= 4 is 35.0 Å². The topological polar surface area (TPSA) is 67.0 Å². The maximum atomic E-state index is 12.2. The highest BCUT2D eigenvalue weighted by Gasteiger charge is 2.26. The third-order valence-electron chi connectivity index (χ3n) is 4.63. The second-order valence-corrected chi connectivity index (χ2v) is 7.38. The number of piperazine rings is 1. The van der Waals surface area contributed by atoms with Crippen molar-refractivity contribution in [1.82, 2.24) is 10.2 Å². The Morgan fingerprint density at radius 1 is 1.19 bits per heavy atom. The van der Waals surface area contributed by atoms with Gasteiger partial charge in [-0.25, -0.2) is 0 Å². The second kappa shape index (κ2) is 9.26. The smallest absolute Gasteiger partial charge is 0.289 e. The van der Waals surface area contributed by atoms with Crippen molar-refractivity contribution in [2.75, 3.05) is 39.3 Å². The van der Waals surface area contributed by atoms with E-state index in [0.29, 0.717) is 48.4 Å². The molecule has 2 heterocycles. The Balaban J connectivity index is 1.37. The standard InChI is InChI=1S/C19H21Cl2N3O3/c20-15-4-3-14(16(21)12-15)5-6-22-18(25)13-23-7-9-24(10-8-23)19(26)17-2-1-11-27-17/h1-4,11-12H,5-10,13H2,(H,22,25)/p+1. The van der Waals surface area contributed by atoms with Crippen LogP contribution in [0.15, 0.2) is 41.0 Å². The largest absolute Gasteiger partial charge is 0.459 e. The van der Waals surface area contributed by atoms with E-state index in [1.807, 2.05) is 6.07 Å². The van der Waals surface area contributed by atoms with Gasteiger partial charge in [-0.15, -0.1) is 0 Å². The van der Waals surface area contributed by atoms with Crippen LogP contribution in [-0.2, 0) is 11.2 Å². The van der Waals surface area contributed by atoms with Gasteiger partial charge < -0.3 is 19.5 Å². The van der Waals surface area contributed by atoms with E-state index < -0.39 is 0 Å². The van der Waals surface area contributed by atoms with Crippen LogP contribution in [0, 0.1) is 0 Å². The number of halogens is 2. The van der Waals surface area contributed by atoms with Gasteiger partial charge in [0.25, 0.3) is 11.8 Å². The van der Waals surface area contributed by atoms with Crippen LogP contribution in [0.2, 0.25) is 10.0 Å². The second-order valence-electron chi connectivity index (χ2n) is 6.53. The molecule has 1 saturated heterocycles. The van der Waals surface area contributed by atoms with Crippen LogP contribution in [0.5, 0.6) is 0 Å². The zero-order valence-electron chi connectivity index (χ0n) is 14.8. The fourth-order valence-corrected chi connectivity index (χ4v) is 3.61. The molecule has 8 heteroatoms. The minimum atomic E-state index is -0.0941. The number of nitrogens with zero attached hydrogens (tertiary/aromatic N) is 1. The maximum Gasteiger partial charge on any atom is 0.289 e. The van der Waals surface area contributed by atoms with Crippen molar-refractivity contribution in [1.29, 1.82) is 0 Å². The average Bonchev–Trinajstić information content (AvgIpc) is 3.18. The number of hydrogen-bond acceptors (Lipinski definition) is 3. The Bertz CT molecular complexity index is 788. The average molecular weight is 411 g/mol. The summed E-state index contributed by atoms with van der Waals surface area (Å²) < 4.78 is 5.16. The first-order chi connectivity index (χ1) is 13.0. The highest BCUT2D eigenvalue weighted by molar-refractivity contribution is 6.35. The lowest BCUT2D eigenvalue weighted by Crippen LogP contribution is -3.15. The van der Waals surface area contributed by atoms with Gasteiger partial charge in [-0.1, -0.05) is 29.3 Å². The molecular formula is C19H22Cl2N3O3+. The molecule has 1 aromatic carbocycles. The van der Waals surface area contributed by atoms with Crippen molar-refractivity contribution in [3.8, 4) is 0 Å². The predicted octanol–water partition coefficient (Wildman–Crippen LogP) is 1.29. The lowest BCUT2D eigenvalue weighted by Gasteiger charge is -2.31. The summed E-state index contributed by atoms with van der Waals surface area (Å²) in [7, 11) is 0. The van der Waals surface area contributed by atoms with Crippen LogP contribution >= 0.6 is 23.2 Å². The van der Waals surface area contributed by atoms with Gasteiger partial charge in [-0.05, 0) is 36.2 Å². The molecule has 0 unspecified atom stereocenters. The van der Waals surface area contributed by atoms with Crippen LogP contribution in [0.1, 0.15) is 16.1 Å². The van der Waals surface area contributed by atoms with Gasteiger partial charge in [-0.2, -0.15) is 0 Å². The first kappa shape index (κ1) is 19.7. The van der Waals surface area contributed by atoms with Gasteiger partial charge in [0.2, 0.25) is 0 Å². The number of benzene rings is 1. The number of hydrogen-bond donors (Lipinski definition) is 2. The Morgan fingerprint density at radius 3 is 2.63 bits per heavy atom. The molecule has 0 bridgehead atoms. The van der Waals surface area contributed by atoms with Crippen LogP contribution < -0.4 is 10.2 Å². The summed E-state index contributed by atoms with van der Waals surface area (Å²) in [4.78, 5) is 27.3. The highest BCUT2D eigenvalue weighted by Crippen LogP contribution is 2.20. The quantitative estimate of drug-likeness (QED) is 0.753. The van der Waals surface area contributed by atoms with Gasteiger partial charge in [0.15, 0.2) is 12.3 Å². The van der Waals surface area contributed by atoms with Crippen LogP contribution in [0.3, 0.4) is 0 Å². The molecule has 0 spiro atoms. The summed E-state index contributed by atoms with van der Waals surface area (Å²) in [6.07, 6.45) is 2.15. The Labute approximate surface area is 168 Å². The Hall–Kier alpha value is -2.02. The van der Waals surface area contributed by atoms with Gasteiger partial charge in [0, 0.05) is 16.6 Å². The van der Waals surface area contributed by atoms with E-state index in [4.69, 9.17) is 27.6 Å². The van der Waals surface area contributed by atoms with Crippen molar-refractivity contribution in [3.05, 3.63) is 58.0 Å². The summed E-state index contributed by atoms with van der Waals surface area (Å²) in [5.74, 6) is 0.265. The van der Waals surface area contributed by atoms with E-state index in [1.54, 1.807) is 29.2 Å². The maximum absolute atomic E-state index is 12.2. The number of rotatable bonds is 6. The van der Waals surface area contributed by atoms with Gasteiger partial charge >= 0.3 is 0 Å². The van der Waals surface area contributed by atoms with Gasteiger partial charge in [0.1, 0.15) is 0 Å². The normalized spacial score (nSPS) is 15.0. The number of nitrogens with one attached hydrogen (secondary N) is 2. The van der Waals surface area contributed by atoms with E-state index in [2.05, 4.69) is 5.32 Å². The molecular weight excluding hydrogens is 389 g/mol. The number of amides is 2. The third kappa shape index (κ3) is 5.48. The molecule has 3 rings (SSSR count). The van der Waals surface area contributed by atoms with E-state index in [-0.39, 0.29) is 11.8 Å². The number of quaternary nitrogens is 1. The number of carbonyl (C=O) groups is 2. The first-order valence-electron chi connectivity index (χ1n) is 8.90. The minimum Gasteiger partial charge on any atom is -0.459 e. The minimum absolute atomic E-state index is 0.000831. The molecule has 2 amide bonds. The molecule has 1 aromatic heterocycles. The molecule has 0 radical (unpaired) electrons.